The zero-order valence-electron chi connectivity index (χ0n) is 12.9. The molecule has 1 saturated heterocycles. The Morgan fingerprint density at radius 2 is 2.00 bits per heavy atom. The lowest BCUT2D eigenvalue weighted by Gasteiger charge is -2.34. The molecule has 1 aromatic carbocycles. The van der Waals surface area contributed by atoms with Gasteiger partial charge in [0.1, 0.15) is 6.04 Å². The minimum atomic E-state index is -0.562. The number of ether oxygens (including phenoxy) is 3. The molecule has 1 aromatic rings. The topological polar surface area (TPSA) is 77.1 Å². The highest BCUT2D eigenvalue weighted by Crippen LogP contribution is 2.32. The van der Waals surface area contributed by atoms with Crippen molar-refractivity contribution >= 4 is 11.9 Å². The molecule has 0 spiro atoms. The van der Waals surface area contributed by atoms with Gasteiger partial charge in [-0.1, -0.05) is 6.07 Å². The summed E-state index contributed by atoms with van der Waals surface area (Å²) < 4.78 is 15.2. The molecule has 1 aliphatic rings. The first kappa shape index (κ1) is 16.1. The fraction of sp³-hybridized carbons (Fsp3) is 0.467. The summed E-state index contributed by atoms with van der Waals surface area (Å²) in [6.45, 7) is 1.13. The molecule has 0 radical (unpaired) electrons. The monoisotopic (exact) mass is 308 g/mol. The number of nitrogens with zero attached hydrogens (tertiary/aromatic N) is 1. The number of hydrogen-bond donors (Lipinski definition) is 1. The zero-order chi connectivity index (χ0) is 16.1. The number of piperazine rings is 1. The van der Waals surface area contributed by atoms with Gasteiger partial charge in [0.2, 0.25) is 5.91 Å². The highest BCUT2D eigenvalue weighted by Gasteiger charge is 2.33. The van der Waals surface area contributed by atoms with Crippen LogP contribution in [0.2, 0.25) is 0 Å². The van der Waals surface area contributed by atoms with Crippen LogP contribution in [0.3, 0.4) is 0 Å². The van der Waals surface area contributed by atoms with Crippen LogP contribution < -0.4 is 14.8 Å². The molecular weight excluding hydrogens is 288 g/mol. The zero-order valence-corrected chi connectivity index (χ0v) is 12.9. The van der Waals surface area contributed by atoms with E-state index in [9.17, 15) is 9.59 Å². The highest BCUT2D eigenvalue weighted by atomic mass is 16.5. The van der Waals surface area contributed by atoms with Crippen LogP contribution >= 0.6 is 0 Å². The summed E-state index contributed by atoms with van der Waals surface area (Å²) >= 11 is 0. The van der Waals surface area contributed by atoms with Crippen LogP contribution in [0, 0.1) is 0 Å². The summed E-state index contributed by atoms with van der Waals surface area (Å²) in [7, 11) is 4.42. The van der Waals surface area contributed by atoms with Gasteiger partial charge in [0.05, 0.1) is 27.9 Å². The van der Waals surface area contributed by atoms with Crippen molar-refractivity contribution < 1.29 is 23.8 Å². The summed E-state index contributed by atoms with van der Waals surface area (Å²) in [5.74, 6) is 0.598. The third-order valence-electron chi connectivity index (χ3n) is 3.59. The molecule has 0 bridgehead atoms. The third-order valence-corrected chi connectivity index (χ3v) is 3.59. The molecule has 22 heavy (non-hydrogen) atoms. The van der Waals surface area contributed by atoms with Gasteiger partial charge < -0.3 is 19.5 Å². The van der Waals surface area contributed by atoms with E-state index >= 15 is 0 Å². The van der Waals surface area contributed by atoms with Gasteiger partial charge in [-0.05, 0) is 17.7 Å². The Hall–Kier alpha value is -2.28. The van der Waals surface area contributed by atoms with Gasteiger partial charge in [0.25, 0.3) is 0 Å². The van der Waals surface area contributed by atoms with Gasteiger partial charge in [-0.2, -0.15) is 0 Å². The second-order valence-corrected chi connectivity index (χ2v) is 4.85. The van der Waals surface area contributed by atoms with Gasteiger partial charge in [-0.3, -0.25) is 14.5 Å². The number of rotatable bonds is 5. The van der Waals surface area contributed by atoms with Crippen molar-refractivity contribution in [2.24, 2.45) is 0 Å². The van der Waals surface area contributed by atoms with Crippen molar-refractivity contribution in [3.63, 3.8) is 0 Å². The first-order valence-electron chi connectivity index (χ1n) is 6.91. The molecule has 0 aliphatic carbocycles. The molecule has 1 unspecified atom stereocenters. The van der Waals surface area contributed by atoms with Crippen LogP contribution in [-0.2, 0) is 14.3 Å². The number of hydrogen-bond acceptors (Lipinski definition) is 6. The Kier molecular flexibility index (Phi) is 5.21. The smallest absolute Gasteiger partial charge is 0.319 e. The van der Waals surface area contributed by atoms with E-state index in [1.165, 1.54) is 14.2 Å². The molecule has 1 fully saturated rings. The quantitative estimate of drug-likeness (QED) is 0.791. The van der Waals surface area contributed by atoms with Crippen LogP contribution in [0.5, 0.6) is 11.5 Å². The van der Waals surface area contributed by atoms with Crippen molar-refractivity contribution in [3.05, 3.63) is 23.8 Å². The molecule has 120 valence electrons. The van der Waals surface area contributed by atoms with Crippen molar-refractivity contribution in [1.29, 1.82) is 0 Å². The predicted molar refractivity (Wildman–Crippen MR) is 78.9 cm³/mol. The number of esters is 1. The second-order valence-electron chi connectivity index (χ2n) is 4.85. The third kappa shape index (κ3) is 3.30. The van der Waals surface area contributed by atoms with Gasteiger partial charge >= 0.3 is 5.97 Å². The number of methoxy groups -OCH3 is 3. The first-order chi connectivity index (χ1) is 10.6. The fourth-order valence-electron chi connectivity index (χ4n) is 2.50. The molecule has 1 heterocycles. The van der Waals surface area contributed by atoms with Gasteiger partial charge in [0, 0.05) is 13.1 Å². The number of carbonyl (C=O) groups is 2. The van der Waals surface area contributed by atoms with Crippen molar-refractivity contribution in [1.82, 2.24) is 10.2 Å². The summed E-state index contributed by atoms with van der Waals surface area (Å²) in [5, 5.41) is 2.81. The summed E-state index contributed by atoms with van der Waals surface area (Å²) in [4.78, 5) is 25.6. The Labute approximate surface area is 129 Å². The Bertz CT molecular complexity index is 561. The maximum Gasteiger partial charge on any atom is 0.319 e. The molecule has 1 atom stereocenters. The molecule has 2 rings (SSSR count). The highest BCUT2D eigenvalue weighted by molar-refractivity contribution is 5.85. The summed E-state index contributed by atoms with van der Waals surface area (Å²) in [6.07, 6.45) is 0. The summed E-state index contributed by atoms with van der Waals surface area (Å²) in [5.41, 5.74) is 0.735. The molecule has 7 nitrogen and oxygen atoms in total. The Morgan fingerprint density at radius 3 is 2.64 bits per heavy atom. The van der Waals surface area contributed by atoms with Crippen LogP contribution in [-0.4, -0.2) is 57.7 Å². The molecule has 1 amide bonds. The van der Waals surface area contributed by atoms with E-state index in [1.807, 2.05) is 0 Å². The predicted octanol–water partition coefficient (Wildman–Crippen LogP) is 0.350. The van der Waals surface area contributed by atoms with Gasteiger partial charge in [-0.25, -0.2) is 0 Å². The van der Waals surface area contributed by atoms with Gasteiger partial charge in [-0.15, -0.1) is 0 Å². The second kappa shape index (κ2) is 7.13. The van der Waals surface area contributed by atoms with E-state index in [-0.39, 0.29) is 18.4 Å². The molecule has 1 aliphatic heterocycles. The standard InChI is InChI=1S/C15H20N2O5/c1-20-11-5-4-10(8-12(11)21-2)14-15(19)16-6-7-17(14)9-13(18)22-3/h4-5,8,14H,6-7,9H2,1-3H3,(H,16,19). The van der Waals surface area contributed by atoms with Crippen molar-refractivity contribution in [3.8, 4) is 11.5 Å². The fourth-order valence-corrected chi connectivity index (χ4v) is 2.50. The maximum absolute atomic E-state index is 12.3. The van der Waals surface area contributed by atoms with Crippen LogP contribution in [0.15, 0.2) is 18.2 Å². The molecule has 0 aromatic heterocycles. The van der Waals surface area contributed by atoms with E-state index in [0.29, 0.717) is 24.6 Å². The van der Waals surface area contributed by atoms with Crippen molar-refractivity contribution in [2.75, 3.05) is 41.0 Å². The Morgan fingerprint density at radius 1 is 1.27 bits per heavy atom. The van der Waals surface area contributed by atoms with Crippen LogP contribution in [0.4, 0.5) is 0 Å². The van der Waals surface area contributed by atoms with Crippen LogP contribution in [0.25, 0.3) is 0 Å². The van der Waals surface area contributed by atoms with Gasteiger partial charge in [0.15, 0.2) is 11.5 Å². The summed E-state index contributed by atoms with van der Waals surface area (Å²) in [6, 6.07) is 4.72. The number of nitrogens with one attached hydrogen (secondary N) is 1. The van der Waals surface area contributed by atoms with E-state index in [4.69, 9.17) is 14.2 Å². The SMILES string of the molecule is COC(=O)CN1CCNC(=O)C1c1ccc(OC)c(OC)c1. The minimum absolute atomic E-state index is 0.0585. The number of amides is 1. The first-order valence-corrected chi connectivity index (χ1v) is 6.91. The number of benzene rings is 1. The lowest BCUT2D eigenvalue weighted by Crippen LogP contribution is -2.51. The van der Waals surface area contributed by atoms with Crippen molar-refractivity contribution in [2.45, 2.75) is 6.04 Å². The normalized spacial score (nSPS) is 18.5. The van der Waals surface area contributed by atoms with E-state index < -0.39 is 6.04 Å². The molecule has 1 N–H and O–H groups in total. The van der Waals surface area contributed by atoms with E-state index in [2.05, 4.69) is 5.32 Å². The molecule has 7 heteroatoms. The lowest BCUT2D eigenvalue weighted by molar-refractivity contribution is -0.144. The molecule has 0 saturated carbocycles. The Balaban J connectivity index is 2.32. The number of carbonyl (C=O) groups excluding carboxylic acids is 2. The maximum atomic E-state index is 12.3. The average molecular weight is 308 g/mol. The lowest BCUT2D eigenvalue weighted by atomic mass is 10.0. The largest absolute Gasteiger partial charge is 0.493 e. The average Bonchev–Trinajstić information content (AvgIpc) is 2.54. The minimum Gasteiger partial charge on any atom is -0.493 e. The van der Waals surface area contributed by atoms with E-state index in [1.54, 1.807) is 30.2 Å². The van der Waals surface area contributed by atoms with E-state index in [0.717, 1.165) is 5.56 Å². The molecular formula is C15H20N2O5. The van der Waals surface area contributed by atoms with Crippen LogP contribution in [0.1, 0.15) is 11.6 Å².